The van der Waals surface area contributed by atoms with Crippen molar-refractivity contribution in [1.29, 1.82) is 0 Å². The summed E-state index contributed by atoms with van der Waals surface area (Å²) in [4.78, 5) is 7.23. The smallest absolute Gasteiger partial charge is 0.161 e. The fraction of sp³-hybridized carbons (Fsp3) is 0.400. The minimum Gasteiger partial charge on any atom is -0.356 e. The van der Waals surface area contributed by atoms with Gasteiger partial charge in [0.25, 0.3) is 0 Å². The van der Waals surface area contributed by atoms with Gasteiger partial charge in [0, 0.05) is 41.0 Å². The van der Waals surface area contributed by atoms with Gasteiger partial charge in [-0.3, -0.25) is 0 Å². The lowest BCUT2D eigenvalue weighted by atomic mass is 10.1. The van der Waals surface area contributed by atoms with Crippen LogP contribution in [0.25, 0.3) is 16.9 Å². The Balaban J connectivity index is 1.87. The van der Waals surface area contributed by atoms with Gasteiger partial charge >= 0.3 is 0 Å². The molecular weight excluding hydrogens is 332 g/mol. The van der Waals surface area contributed by atoms with Crippen LogP contribution in [-0.4, -0.2) is 27.7 Å². The summed E-state index contributed by atoms with van der Waals surface area (Å²) in [5, 5.41) is 5.67. The number of anilines is 1. The van der Waals surface area contributed by atoms with Crippen LogP contribution in [-0.2, 0) is 0 Å². The fourth-order valence-electron chi connectivity index (χ4n) is 3.63. The first-order valence-electron chi connectivity index (χ1n) is 9.01. The van der Waals surface area contributed by atoms with Crippen molar-refractivity contribution in [3.63, 3.8) is 0 Å². The molecule has 3 heterocycles. The molecule has 130 valence electrons. The Morgan fingerprint density at radius 3 is 2.32 bits per heavy atom. The lowest BCUT2D eigenvalue weighted by molar-refractivity contribution is 0.726. The topological polar surface area (TPSA) is 33.4 Å². The molecule has 0 N–H and O–H groups in total. The maximum Gasteiger partial charge on any atom is 0.161 e. The second kappa shape index (κ2) is 6.68. The SMILES string of the molecule is Cc1cc(N2CCCCCC2)n2nc(-c3ccc(Cl)cc3)c(C)c2n1. The number of halogens is 1. The van der Waals surface area contributed by atoms with Gasteiger partial charge in [0.05, 0.1) is 5.69 Å². The van der Waals surface area contributed by atoms with Crippen molar-refractivity contribution in [3.8, 4) is 11.3 Å². The quantitative estimate of drug-likeness (QED) is 0.645. The molecule has 0 atom stereocenters. The first-order valence-corrected chi connectivity index (χ1v) is 9.39. The number of hydrogen-bond acceptors (Lipinski definition) is 3. The number of rotatable bonds is 2. The molecule has 1 aromatic carbocycles. The monoisotopic (exact) mass is 354 g/mol. The predicted octanol–water partition coefficient (Wildman–Crippen LogP) is 5.05. The molecule has 0 aliphatic carbocycles. The van der Waals surface area contributed by atoms with Crippen LogP contribution in [0.4, 0.5) is 5.82 Å². The number of aryl methyl sites for hydroxylation is 2. The highest BCUT2D eigenvalue weighted by molar-refractivity contribution is 6.30. The summed E-state index contributed by atoms with van der Waals surface area (Å²) in [5.74, 6) is 1.16. The van der Waals surface area contributed by atoms with E-state index in [0.717, 1.165) is 52.1 Å². The van der Waals surface area contributed by atoms with Gasteiger partial charge in [0.2, 0.25) is 0 Å². The van der Waals surface area contributed by atoms with Gasteiger partial charge in [-0.2, -0.15) is 9.61 Å². The molecule has 3 aromatic rings. The molecule has 25 heavy (non-hydrogen) atoms. The Morgan fingerprint density at radius 1 is 0.960 bits per heavy atom. The van der Waals surface area contributed by atoms with Crippen LogP contribution < -0.4 is 4.90 Å². The Kier molecular flexibility index (Phi) is 4.38. The Labute approximate surface area is 153 Å². The van der Waals surface area contributed by atoms with E-state index in [2.05, 4.69) is 24.8 Å². The molecule has 0 amide bonds. The van der Waals surface area contributed by atoms with Crippen LogP contribution in [0.1, 0.15) is 36.9 Å². The van der Waals surface area contributed by atoms with Gasteiger partial charge < -0.3 is 4.90 Å². The Hall–Kier alpha value is -2.07. The van der Waals surface area contributed by atoms with E-state index in [1.165, 1.54) is 25.7 Å². The van der Waals surface area contributed by atoms with Crippen molar-refractivity contribution in [1.82, 2.24) is 14.6 Å². The van der Waals surface area contributed by atoms with E-state index >= 15 is 0 Å². The second-order valence-electron chi connectivity index (χ2n) is 6.87. The molecule has 1 fully saturated rings. The highest BCUT2D eigenvalue weighted by Gasteiger charge is 2.19. The molecule has 0 saturated carbocycles. The summed E-state index contributed by atoms with van der Waals surface area (Å²) in [6.45, 7) is 6.35. The van der Waals surface area contributed by atoms with Crippen LogP contribution in [0.2, 0.25) is 5.02 Å². The van der Waals surface area contributed by atoms with Crippen molar-refractivity contribution in [3.05, 3.63) is 46.6 Å². The first kappa shape index (κ1) is 16.4. The van der Waals surface area contributed by atoms with E-state index in [9.17, 15) is 0 Å². The molecule has 2 aromatic heterocycles. The summed E-state index contributed by atoms with van der Waals surface area (Å²) in [6.07, 6.45) is 5.12. The average Bonchev–Trinajstić information content (AvgIpc) is 2.79. The van der Waals surface area contributed by atoms with Crippen LogP contribution in [0.15, 0.2) is 30.3 Å². The van der Waals surface area contributed by atoms with Crippen LogP contribution in [0, 0.1) is 13.8 Å². The van der Waals surface area contributed by atoms with Gasteiger partial charge in [0.15, 0.2) is 5.65 Å². The predicted molar refractivity (Wildman–Crippen MR) is 104 cm³/mol. The summed E-state index contributed by atoms with van der Waals surface area (Å²) >= 11 is 6.04. The van der Waals surface area contributed by atoms with E-state index in [1.807, 2.05) is 28.8 Å². The molecule has 4 nitrogen and oxygen atoms in total. The zero-order valence-corrected chi connectivity index (χ0v) is 15.6. The fourth-order valence-corrected chi connectivity index (χ4v) is 3.76. The average molecular weight is 355 g/mol. The van der Waals surface area contributed by atoms with Gasteiger partial charge in [-0.25, -0.2) is 4.98 Å². The number of nitrogens with zero attached hydrogens (tertiary/aromatic N) is 4. The van der Waals surface area contributed by atoms with E-state index < -0.39 is 0 Å². The number of aromatic nitrogens is 3. The van der Waals surface area contributed by atoms with E-state index in [4.69, 9.17) is 21.7 Å². The van der Waals surface area contributed by atoms with Crippen molar-refractivity contribution in [2.75, 3.05) is 18.0 Å². The minimum absolute atomic E-state index is 0.740. The maximum absolute atomic E-state index is 6.04. The van der Waals surface area contributed by atoms with E-state index in [1.54, 1.807) is 0 Å². The molecule has 0 spiro atoms. The Morgan fingerprint density at radius 2 is 1.64 bits per heavy atom. The lowest BCUT2D eigenvalue weighted by Crippen LogP contribution is -2.26. The van der Waals surface area contributed by atoms with Crippen molar-refractivity contribution >= 4 is 23.1 Å². The van der Waals surface area contributed by atoms with Crippen LogP contribution in [0.5, 0.6) is 0 Å². The standard InChI is InChI=1S/C20H23ClN4/c1-14-13-18(24-11-5-3-4-6-12-24)25-20(22-14)15(2)19(23-25)16-7-9-17(21)10-8-16/h7-10,13H,3-6,11-12H2,1-2H3. The largest absolute Gasteiger partial charge is 0.356 e. The molecular formula is C20H23ClN4. The molecule has 0 unspecified atom stereocenters. The number of fused-ring (bicyclic) bond motifs is 1. The molecule has 1 aliphatic heterocycles. The molecule has 0 radical (unpaired) electrons. The van der Waals surface area contributed by atoms with Crippen LogP contribution in [0.3, 0.4) is 0 Å². The van der Waals surface area contributed by atoms with Crippen LogP contribution >= 0.6 is 11.6 Å². The summed E-state index contributed by atoms with van der Waals surface area (Å²) < 4.78 is 2.03. The van der Waals surface area contributed by atoms with Crippen molar-refractivity contribution in [2.45, 2.75) is 39.5 Å². The second-order valence-corrected chi connectivity index (χ2v) is 7.31. The third-order valence-electron chi connectivity index (χ3n) is 4.98. The van der Waals surface area contributed by atoms with E-state index in [-0.39, 0.29) is 0 Å². The lowest BCUT2D eigenvalue weighted by Gasteiger charge is -2.23. The highest BCUT2D eigenvalue weighted by atomic mass is 35.5. The van der Waals surface area contributed by atoms with Crippen molar-refractivity contribution < 1.29 is 0 Å². The minimum atomic E-state index is 0.740. The third kappa shape index (κ3) is 3.11. The third-order valence-corrected chi connectivity index (χ3v) is 5.23. The maximum atomic E-state index is 6.04. The first-order chi connectivity index (χ1) is 12.1. The molecule has 0 bridgehead atoms. The van der Waals surface area contributed by atoms with E-state index in [0.29, 0.717) is 0 Å². The molecule has 4 rings (SSSR count). The number of hydrogen-bond donors (Lipinski definition) is 0. The zero-order chi connectivity index (χ0) is 17.4. The Bertz CT molecular complexity index is 890. The zero-order valence-electron chi connectivity index (χ0n) is 14.8. The van der Waals surface area contributed by atoms with Gasteiger partial charge in [-0.05, 0) is 38.8 Å². The molecule has 1 aliphatic rings. The van der Waals surface area contributed by atoms with Gasteiger partial charge in [-0.15, -0.1) is 0 Å². The number of benzene rings is 1. The molecule has 5 heteroatoms. The summed E-state index contributed by atoms with van der Waals surface area (Å²) in [6, 6.07) is 10.0. The van der Waals surface area contributed by atoms with Gasteiger partial charge in [-0.1, -0.05) is 36.6 Å². The normalized spacial score (nSPS) is 15.6. The molecule has 1 saturated heterocycles. The summed E-state index contributed by atoms with van der Waals surface area (Å²) in [7, 11) is 0. The van der Waals surface area contributed by atoms with Crippen molar-refractivity contribution in [2.24, 2.45) is 0 Å². The highest BCUT2D eigenvalue weighted by Crippen LogP contribution is 2.29. The summed E-state index contributed by atoms with van der Waals surface area (Å²) in [5.41, 5.74) is 5.15. The van der Waals surface area contributed by atoms with Gasteiger partial charge in [0.1, 0.15) is 5.82 Å².